The molecule has 1 aliphatic heterocycles. The molecule has 1 atom stereocenters. The molecule has 7 heteroatoms. The van der Waals surface area contributed by atoms with Crippen LogP contribution >= 0.6 is 0 Å². The molecule has 29 heavy (non-hydrogen) atoms. The lowest BCUT2D eigenvalue weighted by Crippen LogP contribution is -2.39. The van der Waals surface area contributed by atoms with Crippen molar-refractivity contribution in [1.82, 2.24) is 9.88 Å². The highest BCUT2D eigenvalue weighted by atomic mass is 16.5. The van der Waals surface area contributed by atoms with Crippen LogP contribution in [0.5, 0.6) is 17.2 Å². The fourth-order valence-electron chi connectivity index (χ4n) is 3.99. The fraction of sp³-hybridized carbons (Fsp3) is 0.455. The normalized spacial score (nSPS) is 16.3. The zero-order valence-corrected chi connectivity index (χ0v) is 17.3. The number of aliphatic carboxylic acids is 1. The van der Waals surface area contributed by atoms with Crippen LogP contribution in [0.2, 0.25) is 0 Å². The van der Waals surface area contributed by atoms with Gasteiger partial charge in [0, 0.05) is 6.20 Å². The third-order valence-corrected chi connectivity index (χ3v) is 5.56. The minimum Gasteiger partial charge on any atom is -0.493 e. The van der Waals surface area contributed by atoms with Gasteiger partial charge in [0.1, 0.15) is 0 Å². The van der Waals surface area contributed by atoms with Crippen molar-refractivity contribution in [3.8, 4) is 17.2 Å². The lowest BCUT2D eigenvalue weighted by Gasteiger charge is -2.37. The first-order valence-corrected chi connectivity index (χ1v) is 9.68. The number of rotatable bonds is 7. The van der Waals surface area contributed by atoms with Gasteiger partial charge in [-0.1, -0.05) is 6.07 Å². The molecule has 1 aliphatic rings. The van der Waals surface area contributed by atoms with Crippen LogP contribution in [0, 0.1) is 12.8 Å². The van der Waals surface area contributed by atoms with Gasteiger partial charge >= 0.3 is 5.97 Å². The molecular formula is C22H28N2O5. The van der Waals surface area contributed by atoms with Crippen molar-refractivity contribution in [2.24, 2.45) is 5.92 Å². The number of likely N-dealkylation sites (tertiary alicyclic amines) is 1. The first kappa shape index (κ1) is 20.9. The average Bonchev–Trinajstić information content (AvgIpc) is 2.74. The molecule has 7 nitrogen and oxygen atoms in total. The van der Waals surface area contributed by atoms with E-state index in [1.165, 1.54) is 0 Å². The van der Waals surface area contributed by atoms with Gasteiger partial charge in [-0.25, -0.2) is 0 Å². The summed E-state index contributed by atoms with van der Waals surface area (Å²) < 4.78 is 16.6. The van der Waals surface area contributed by atoms with Crippen LogP contribution in [-0.2, 0) is 4.79 Å². The second-order valence-corrected chi connectivity index (χ2v) is 7.22. The zero-order valence-electron chi connectivity index (χ0n) is 17.3. The van der Waals surface area contributed by atoms with Crippen molar-refractivity contribution >= 4 is 5.97 Å². The predicted molar refractivity (Wildman–Crippen MR) is 109 cm³/mol. The Bertz CT molecular complexity index is 837. The largest absolute Gasteiger partial charge is 0.493 e. The van der Waals surface area contributed by atoms with Crippen LogP contribution in [0.1, 0.15) is 35.7 Å². The summed E-state index contributed by atoms with van der Waals surface area (Å²) >= 11 is 0. The highest BCUT2D eigenvalue weighted by Crippen LogP contribution is 2.43. The summed E-state index contributed by atoms with van der Waals surface area (Å²) in [6, 6.07) is 7.71. The molecule has 1 aromatic heterocycles. The summed E-state index contributed by atoms with van der Waals surface area (Å²) in [6.45, 7) is 3.39. The summed E-state index contributed by atoms with van der Waals surface area (Å²) in [6.07, 6.45) is 3.02. The van der Waals surface area contributed by atoms with Crippen molar-refractivity contribution in [2.75, 3.05) is 34.4 Å². The third-order valence-electron chi connectivity index (χ3n) is 5.56. The van der Waals surface area contributed by atoms with Gasteiger partial charge < -0.3 is 19.3 Å². The van der Waals surface area contributed by atoms with Crippen molar-refractivity contribution in [3.63, 3.8) is 0 Å². The highest BCUT2D eigenvalue weighted by Gasteiger charge is 2.32. The van der Waals surface area contributed by atoms with Crippen LogP contribution < -0.4 is 14.2 Å². The van der Waals surface area contributed by atoms with Gasteiger partial charge in [-0.2, -0.15) is 0 Å². The smallest absolute Gasteiger partial charge is 0.306 e. The number of methoxy groups -OCH3 is 3. The van der Waals surface area contributed by atoms with Gasteiger partial charge in [0.15, 0.2) is 11.5 Å². The molecule has 2 heterocycles. The number of aryl methyl sites for hydroxylation is 1. The Kier molecular flexibility index (Phi) is 6.59. The Labute approximate surface area is 171 Å². The van der Waals surface area contributed by atoms with Gasteiger partial charge in [0.25, 0.3) is 0 Å². The molecule has 1 saturated heterocycles. The van der Waals surface area contributed by atoms with Crippen LogP contribution in [0.3, 0.4) is 0 Å². The lowest BCUT2D eigenvalue weighted by atomic mass is 9.91. The number of carbonyl (C=O) groups is 1. The van der Waals surface area contributed by atoms with E-state index < -0.39 is 5.97 Å². The number of carboxylic acids is 1. The minimum atomic E-state index is -0.719. The van der Waals surface area contributed by atoms with Crippen LogP contribution in [0.25, 0.3) is 0 Å². The third kappa shape index (κ3) is 4.29. The Morgan fingerprint density at radius 2 is 1.76 bits per heavy atom. The number of aromatic nitrogens is 1. The van der Waals surface area contributed by atoms with Crippen molar-refractivity contribution in [1.29, 1.82) is 0 Å². The monoisotopic (exact) mass is 400 g/mol. The number of pyridine rings is 1. The van der Waals surface area contributed by atoms with E-state index in [-0.39, 0.29) is 12.0 Å². The van der Waals surface area contributed by atoms with E-state index in [4.69, 9.17) is 14.2 Å². The van der Waals surface area contributed by atoms with E-state index in [1.54, 1.807) is 27.5 Å². The summed E-state index contributed by atoms with van der Waals surface area (Å²) in [5, 5.41) is 9.36. The van der Waals surface area contributed by atoms with Crippen LogP contribution in [0.4, 0.5) is 0 Å². The number of hydrogen-bond acceptors (Lipinski definition) is 6. The number of hydrogen-bond donors (Lipinski definition) is 1. The standard InChI is InChI=1S/C22H28N2O5/c1-14-6-5-9-23-19(14)20(24-10-7-15(8-11-24)22(25)26)16-12-17(27-2)21(29-4)18(13-16)28-3/h5-6,9,12-13,15,20H,7-8,10-11H2,1-4H3,(H,25,26). The van der Waals surface area contributed by atoms with Crippen molar-refractivity contribution in [2.45, 2.75) is 25.8 Å². The number of piperidine rings is 1. The van der Waals surface area contributed by atoms with Crippen molar-refractivity contribution < 1.29 is 24.1 Å². The molecular weight excluding hydrogens is 372 g/mol. The second kappa shape index (κ2) is 9.13. The van der Waals surface area contributed by atoms with Crippen LogP contribution in [0.15, 0.2) is 30.5 Å². The molecule has 0 amide bonds. The molecule has 1 unspecified atom stereocenters. The number of nitrogens with zero attached hydrogens (tertiary/aromatic N) is 2. The highest BCUT2D eigenvalue weighted by molar-refractivity contribution is 5.70. The number of benzene rings is 1. The van der Waals surface area contributed by atoms with Gasteiger partial charge in [-0.15, -0.1) is 0 Å². The quantitative estimate of drug-likeness (QED) is 0.764. The maximum atomic E-state index is 11.4. The zero-order chi connectivity index (χ0) is 21.0. The van der Waals surface area contributed by atoms with Gasteiger partial charge in [-0.3, -0.25) is 14.7 Å². The topological polar surface area (TPSA) is 81.1 Å². The van der Waals surface area contributed by atoms with Gasteiger partial charge in [0.2, 0.25) is 5.75 Å². The van der Waals surface area contributed by atoms with E-state index in [0.717, 1.165) is 16.8 Å². The van der Waals surface area contributed by atoms with E-state index >= 15 is 0 Å². The molecule has 1 aromatic carbocycles. The lowest BCUT2D eigenvalue weighted by molar-refractivity contribution is -0.143. The molecule has 3 rings (SSSR count). The van der Waals surface area contributed by atoms with Crippen LogP contribution in [-0.4, -0.2) is 55.4 Å². The van der Waals surface area contributed by atoms with E-state index in [0.29, 0.717) is 43.2 Å². The summed E-state index contributed by atoms with van der Waals surface area (Å²) in [7, 11) is 4.78. The molecule has 156 valence electrons. The molecule has 1 N–H and O–H groups in total. The molecule has 0 saturated carbocycles. The van der Waals surface area contributed by atoms with Gasteiger partial charge in [-0.05, 0) is 62.2 Å². The molecule has 0 bridgehead atoms. The Hall–Kier alpha value is -2.80. The van der Waals surface area contributed by atoms with E-state index in [9.17, 15) is 9.90 Å². The van der Waals surface area contributed by atoms with E-state index in [2.05, 4.69) is 9.88 Å². The summed E-state index contributed by atoms with van der Waals surface area (Å²) in [5.41, 5.74) is 2.98. The maximum absolute atomic E-state index is 11.4. The Morgan fingerprint density at radius 3 is 2.24 bits per heavy atom. The number of carboxylic acid groups (broad SMARTS) is 1. The Balaban J connectivity index is 2.07. The number of ether oxygens (including phenoxy) is 3. The average molecular weight is 400 g/mol. The summed E-state index contributed by atoms with van der Waals surface area (Å²) in [4.78, 5) is 18.3. The molecule has 0 radical (unpaired) electrons. The maximum Gasteiger partial charge on any atom is 0.306 e. The minimum absolute atomic E-state index is 0.139. The first-order valence-electron chi connectivity index (χ1n) is 9.68. The van der Waals surface area contributed by atoms with E-state index in [1.807, 2.05) is 31.2 Å². The van der Waals surface area contributed by atoms with Gasteiger partial charge in [0.05, 0.1) is 39.0 Å². The molecule has 2 aromatic rings. The van der Waals surface area contributed by atoms with Crippen molar-refractivity contribution in [3.05, 3.63) is 47.3 Å². The fourth-order valence-corrected chi connectivity index (χ4v) is 3.99. The molecule has 0 spiro atoms. The predicted octanol–water partition coefficient (Wildman–Crippen LogP) is 3.30. The SMILES string of the molecule is COc1cc(C(c2ncccc2C)N2CCC(C(=O)O)CC2)cc(OC)c1OC. The first-order chi connectivity index (χ1) is 14.0. The molecule has 0 aliphatic carbocycles. The second-order valence-electron chi connectivity index (χ2n) is 7.22. The summed E-state index contributed by atoms with van der Waals surface area (Å²) in [5.74, 6) is 0.696. The Morgan fingerprint density at radius 1 is 1.14 bits per heavy atom. The molecule has 1 fully saturated rings.